The lowest BCUT2D eigenvalue weighted by atomic mass is 9.91. The number of aromatic nitrogens is 1. The van der Waals surface area contributed by atoms with Crippen LogP contribution in [0.25, 0.3) is 0 Å². The summed E-state index contributed by atoms with van der Waals surface area (Å²) in [7, 11) is 0. The van der Waals surface area contributed by atoms with Crippen LogP contribution in [0.3, 0.4) is 0 Å². The van der Waals surface area contributed by atoms with Crippen molar-refractivity contribution in [1.29, 1.82) is 0 Å². The van der Waals surface area contributed by atoms with Gasteiger partial charge in [-0.25, -0.2) is 14.4 Å². The summed E-state index contributed by atoms with van der Waals surface area (Å²) >= 11 is 5.98. The topological polar surface area (TPSA) is 104 Å². The average molecular weight is 501 g/mol. The number of nitrogens with zero attached hydrogens (tertiary/aromatic N) is 2. The minimum absolute atomic E-state index is 0.198. The van der Waals surface area contributed by atoms with Gasteiger partial charge >= 0.3 is 18.4 Å². The second kappa shape index (κ2) is 10.4. The third kappa shape index (κ3) is 10.2. The lowest BCUT2D eigenvalue weighted by Gasteiger charge is -2.25. The van der Waals surface area contributed by atoms with E-state index < -0.39 is 29.1 Å². The van der Waals surface area contributed by atoms with Gasteiger partial charge < -0.3 is 18.9 Å². The summed E-state index contributed by atoms with van der Waals surface area (Å²) < 4.78 is 19.2. The van der Waals surface area contributed by atoms with Crippen molar-refractivity contribution in [1.82, 2.24) is 4.98 Å². The number of carbonyl (C=O) groups excluding carboxylic acids is 3. The second-order valence-corrected chi connectivity index (χ2v) is 11.9. The lowest BCUT2D eigenvalue weighted by Crippen LogP contribution is -2.38. The molecule has 1 aliphatic rings. The molecule has 0 saturated heterocycles. The zero-order chi connectivity index (χ0) is 26.7. The minimum Gasteiger partial charge on any atom is -0.443 e. The number of hydrogen-bond donors (Lipinski definition) is 0. The highest BCUT2D eigenvalue weighted by atomic mass is 35.5. The predicted molar refractivity (Wildman–Crippen MR) is 129 cm³/mol. The van der Waals surface area contributed by atoms with Crippen molar-refractivity contribution in [2.75, 3.05) is 11.4 Å². The first-order chi connectivity index (χ1) is 15.1. The Balaban J connectivity index is 0.000000352. The Morgan fingerprint density at radius 1 is 0.882 bits per heavy atom. The number of pyridine rings is 1. The van der Waals surface area contributed by atoms with E-state index in [0.717, 1.165) is 11.4 Å². The van der Waals surface area contributed by atoms with Gasteiger partial charge in [-0.2, -0.15) is 0 Å². The molecule has 9 nitrogen and oxygen atoms in total. The molecular weight excluding hydrogens is 464 g/mol. The molecule has 192 valence electrons. The molecule has 1 aromatic rings. The molecule has 0 N–H and O–H groups in total. The first kappa shape index (κ1) is 29.5. The van der Waals surface area contributed by atoms with E-state index in [1.165, 1.54) is 0 Å². The molecule has 1 aromatic heterocycles. The van der Waals surface area contributed by atoms with Gasteiger partial charge in [-0.3, -0.25) is 9.88 Å². The van der Waals surface area contributed by atoms with E-state index in [1.54, 1.807) is 58.7 Å². The van der Waals surface area contributed by atoms with Crippen LogP contribution in [0.5, 0.6) is 0 Å². The Morgan fingerprint density at radius 2 is 1.32 bits per heavy atom. The molecule has 0 aliphatic carbocycles. The van der Waals surface area contributed by atoms with Gasteiger partial charge in [0.15, 0.2) is 0 Å². The minimum atomic E-state index is -1.06. The summed E-state index contributed by atoms with van der Waals surface area (Å²) in [5, 5.41) is 0.519. The molecule has 10 heteroatoms. The van der Waals surface area contributed by atoms with E-state index in [2.05, 4.69) is 23.6 Å². The van der Waals surface area contributed by atoms with Gasteiger partial charge in [0, 0.05) is 18.2 Å². The van der Waals surface area contributed by atoms with Crippen molar-refractivity contribution in [2.45, 2.75) is 98.4 Å². The average Bonchev–Trinajstić information content (AvgIpc) is 2.80. The van der Waals surface area contributed by atoms with Gasteiger partial charge in [0.25, 0.3) is 0 Å². The van der Waals surface area contributed by atoms with Crippen molar-refractivity contribution in [3.8, 4) is 0 Å². The molecule has 0 atom stereocenters. The van der Waals surface area contributed by atoms with Crippen LogP contribution in [0.1, 0.15) is 81.9 Å². The fraction of sp³-hybridized carbons (Fsp3) is 0.667. The number of anilines is 1. The Hall–Kier alpha value is -2.55. The molecule has 2 rings (SSSR count). The van der Waals surface area contributed by atoms with Gasteiger partial charge in [-0.05, 0) is 68.4 Å². The third-order valence-electron chi connectivity index (χ3n) is 3.88. The molecule has 0 fully saturated rings. The van der Waals surface area contributed by atoms with E-state index in [4.69, 9.17) is 25.8 Å². The molecule has 0 radical (unpaired) electrons. The van der Waals surface area contributed by atoms with Crippen LogP contribution in [0.4, 0.5) is 20.1 Å². The van der Waals surface area contributed by atoms with Crippen molar-refractivity contribution in [3.05, 3.63) is 23.0 Å². The first-order valence-corrected chi connectivity index (χ1v) is 11.3. The number of ether oxygens (including phenoxy) is 4. The summed E-state index contributed by atoms with van der Waals surface area (Å²) in [5.41, 5.74) is -0.486. The highest BCUT2D eigenvalue weighted by Crippen LogP contribution is 2.40. The summed E-state index contributed by atoms with van der Waals surface area (Å²) in [6.45, 7) is 20.2. The number of halogens is 1. The molecule has 0 spiro atoms. The van der Waals surface area contributed by atoms with Crippen LogP contribution >= 0.6 is 11.6 Å². The third-order valence-corrected chi connectivity index (χ3v) is 4.09. The molecule has 0 bridgehead atoms. The standard InChI is InChI=1S/C14H19ClN2O2.C10H18O5/c1-13(2,3)19-12(18)17-8-14(4,5)11-10(17)6-9(15)7-16-11;1-9(2,3)14-7(11)13-8(12)15-10(4,5)6/h6-7H,8H2,1-5H3;1-6H3. The Morgan fingerprint density at radius 3 is 1.74 bits per heavy atom. The zero-order valence-corrected chi connectivity index (χ0v) is 22.7. The van der Waals surface area contributed by atoms with Gasteiger partial charge in [-0.1, -0.05) is 25.4 Å². The SMILES string of the molecule is CC(C)(C)OC(=O)N1CC(C)(C)c2ncc(Cl)cc21.CC(C)(C)OC(=O)OC(=O)OC(C)(C)C. The number of carbonyl (C=O) groups is 3. The quantitative estimate of drug-likeness (QED) is 0.222. The van der Waals surface area contributed by atoms with E-state index >= 15 is 0 Å². The van der Waals surface area contributed by atoms with E-state index in [1.807, 2.05) is 20.8 Å². The lowest BCUT2D eigenvalue weighted by molar-refractivity contribution is -0.0294. The zero-order valence-electron chi connectivity index (χ0n) is 22.0. The van der Waals surface area contributed by atoms with Crippen molar-refractivity contribution >= 4 is 35.7 Å². The molecule has 1 aliphatic heterocycles. The molecule has 2 heterocycles. The summed E-state index contributed by atoms with van der Waals surface area (Å²) in [6.07, 6.45) is -0.863. The van der Waals surface area contributed by atoms with Crippen LogP contribution in [0.15, 0.2) is 12.3 Å². The summed E-state index contributed by atoms with van der Waals surface area (Å²) in [6, 6.07) is 1.77. The summed E-state index contributed by atoms with van der Waals surface area (Å²) in [5.74, 6) is 0. The van der Waals surface area contributed by atoms with Crippen LogP contribution < -0.4 is 4.90 Å². The highest BCUT2D eigenvalue weighted by Gasteiger charge is 2.41. The Labute approximate surface area is 207 Å². The van der Waals surface area contributed by atoms with Crippen molar-refractivity contribution < 1.29 is 33.3 Å². The number of rotatable bonds is 0. The van der Waals surface area contributed by atoms with Gasteiger partial charge in [-0.15, -0.1) is 0 Å². The normalized spacial score (nSPS) is 14.9. The van der Waals surface area contributed by atoms with E-state index in [9.17, 15) is 14.4 Å². The molecule has 0 unspecified atom stereocenters. The Kier molecular flexibility index (Phi) is 9.00. The maximum Gasteiger partial charge on any atom is 0.519 e. The predicted octanol–water partition coefficient (Wildman–Crippen LogP) is 6.64. The number of amides is 1. The van der Waals surface area contributed by atoms with E-state index in [0.29, 0.717) is 11.6 Å². The second-order valence-electron chi connectivity index (χ2n) is 11.5. The summed E-state index contributed by atoms with van der Waals surface area (Å²) in [4.78, 5) is 40.2. The molecular formula is C24H37ClN2O7. The van der Waals surface area contributed by atoms with Gasteiger partial charge in [0.2, 0.25) is 0 Å². The van der Waals surface area contributed by atoms with Crippen molar-refractivity contribution in [3.63, 3.8) is 0 Å². The number of fused-ring (bicyclic) bond motifs is 1. The largest absolute Gasteiger partial charge is 0.519 e. The van der Waals surface area contributed by atoms with Crippen LogP contribution in [-0.2, 0) is 24.4 Å². The van der Waals surface area contributed by atoms with E-state index in [-0.39, 0.29) is 11.5 Å². The Bertz CT molecular complexity index is 883. The monoisotopic (exact) mass is 500 g/mol. The van der Waals surface area contributed by atoms with Gasteiger partial charge in [0.1, 0.15) is 16.8 Å². The fourth-order valence-corrected chi connectivity index (χ4v) is 2.95. The fourth-order valence-electron chi connectivity index (χ4n) is 2.80. The highest BCUT2D eigenvalue weighted by molar-refractivity contribution is 6.30. The van der Waals surface area contributed by atoms with Gasteiger partial charge in [0.05, 0.1) is 16.4 Å². The smallest absolute Gasteiger partial charge is 0.443 e. The number of hydrogen-bond acceptors (Lipinski definition) is 8. The molecule has 0 saturated carbocycles. The molecule has 0 aromatic carbocycles. The van der Waals surface area contributed by atoms with Crippen LogP contribution in [-0.4, -0.2) is 46.7 Å². The first-order valence-electron chi connectivity index (χ1n) is 10.9. The maximum absolute atomic E-state index is 12.3. The van der Waals surface area contributed by atoms with Crippen LogP contribution in [0.2, 0.25) is 5.02 Å². The van der Waals surface area contributed by atoms with Crippen LogP contribution in [0, 0.1) is 0 Å². The maximum atomic E-state index is 12.3. The van der Waals surface area contributed by atoms with Crippen molar-refractivity contribution in [2.24, 2.45) is 0 Å². The molecule has 1 amide bonds. The molecule has 34 heavy (non-hydrogen) atoms.